The number of rotatable bonds is 7. The van der Waals surface area contributed by atoms with Gasteiger partial charge in [-0.3, -0.25) is 9.69 Å². The second-order valence-electron chi connectivity index (χ2n) is 6.61. The van der Waals surface area contributed by atoms with E-state index in [1.165, 1.54) is 0 Å². The topological polar surface area (TPSA) is 62.6 Å². The van der Waals surface area contributed by atoms with E-state index in [-0.39, 0.29) is 11.5 Å². The van der Waals surface area contributed by atoms with Gasteiger partial charge in [0.15, 0.2) is 5.78 Å². The summed E-state index contributed by atoms with van der Waals surface area (Å²) in [6, 6.07) is 1.93. The van der Waals surface area contributed by atoms with Gasteiger partial charge in [0, 0.05) is 50.2 Å². The molecular weight excluding hydrogens is 326 g/mol. The molecule has 136 valence electrons. The summed E-state index contributed by atoms with van der Waals surface area (Å²) in [7, 11) is -1.18. The van der Waals surface area contributed by atoms with Gasteiger partial charge in [0.25, 0.3) is 0 Å². The average molecular weight is 356 g/mol. The smallest absolute Gasteiger partial charge is 0.214 e. The molecule has 0 unspecified atom stereocenters. The average Bonchev–Trinajstić information content (AvgIpc) is 2.81. The summed E-state index contributed by atoms with van der Waals surface area (Å²) >= 11 is 0. The molecule has 1 aromatic heterocycles. The van der Waals surface area contributed by atoms with Gasteiger partial charge < -0.3 is 4.57 Å². The molecule has 1 fully saturated rings. The molecule has 0 amide bonds. The van der Waals surface area contributed by atoms with Crippen LogP contribution in [-0.2, 0) is 17.1 Å². The SMILES string of the molecule is CCCCS(=O)(=O)N1CCN(CC(=O)c2cc(C)n(C)c2C)CC1. The predicted molar refractivity (Wildman–Crippen MR) is 95.9 cm³/mol. The zero-order valence-electron chi connectivity index (χ0n) is 15.2. The Hall–Kier alpha value is -1.18. The van der Waals surface area contributed by atoms with Crippen molar-refractivity contribution in [3.8, 4) is 0 Å². The van der Waals surface area contributed by atoms with E-state index in [1.807, 2.05) is 38.5 Å². The van der Waals surface area contributed by atoms with Crippen LogP contribution in [0, 0.1) is 13.8 Å². The molecule has 0 atom stereocenters. The van der Waals surface area contributed by atoms with E-state index >= 15 is 0 Å². The Morgan fingerprint density at radius 1 is 1.17 bits per heavy atom. The summed E-state index contributed by atoms with van der Waals surface area (Å²) in [6.45, 7) is 8.48. The lowest BCUT2D eigenvalue weighted by Crippen LogP contribution is -2.50. The van der Waals surface area contributed by atoms with Crippen molar-refractivity contribution in [3.05, 3.63) is 23.0 Å². The normalized spacial score (nSPS) is 17.3. The maximum atomic E-state index is 12.5. The van der Waals surface area contributed by atoms with Crippen LogP contribution in [0.5, 0.6) is 0 Å². The van der Waals surface area contributed by atoms with E-state index in [1.54, 1.807) is 4.31 Å². The molecule has 24 heavy (non-hydrogen) atoms. The molecule has 0 aromatic carbocycles. The van der Waals surface area contributed by atoms with Crippen molar-refractivity contribution in [1.29, 1.82) is 0 Å². The summed E-state index contributed by atoms with van der Waals surface area (Å²) in [5.41, 5.74) is 2.83. The number of hydrogen-bond donors (Lipinski definition) is 0. The van der Waals surface area contributed by atoms with Gasteiger partial charge >= 0.3 is 0 Å². The molecular formula is C17H29N3O3S. The Morgan fingerprint density at radius 2 is 1.79 bits per heavy atom. The Bertz CT molecular complexity index is 686. The van der Waals surface area contributed by atoms with Crippen molar-refractivity contribution in [3.63, 3.8) is 0 Å². The minimum Gasteiger partial charge on any atom is -0.351 e. The van der Waals surface area contributed by atoms with Crippen LogP contribution >= 0.6 is 0 Å². The summed E-state index contributed by atoms with van der Waals surface area (Å²) in [5, 5.41) is 0. The van der Waals surface area contributed by atoms with Gasteiger partial charge in [0.1, 0.15) is 0 Å². The molecule has 0 N–H and O–H groups in total. The number of sulfonamides is 1. The Kier molecular flexibility index (Phi) is 6.22. The number of hydrogen-bond acceptors (Lipinski definition) is 4. The highest BCUT2D eigenvalue weighted by atomic mass is 32.2. The zero-order chi connectivity index (χ0) is 17.9. The molecule has 7 heteroatoms. The molecule has 0 saturated carbocycles. The van der Waals surface area contributed by atoms with Crippen LogP contribution in [-0.4, -0.2) is 66.4 Å². The van der Waals surface area contributed by atoms with E-state index in [4.69, 9.17) is 0 Å². The first-order valence-corrected chi connectivity index (χ1v) is 10.2. The van der Waals surface area contributed by atoms with Gasteiger partial charge in [-0.15, -0.1) is 0 Å². The van der Waals surface area contributed by atoms with Gasteiger partial charge in [-0.1, -0.05) is 13.3 Å². The molecule has 1 aromatic rings. The maximum Gasteiger partial charge on any atom is 0.214 e. The number of carbonyl (C=O) groups excluding carboxylic acids is 1. The van der Waals surface area contributed by atoms with Crippen molar-refractivity contribution in [2.45, 2.75) is 33.6 Å². The number of piperazine rings is 1. The summed E-state index contributed by atoms with van der Waals surface area (Å²) in [6.07, 6.45) is 1.58. The number of ketones is 1. The Morgan fingerprint density at radius 3 is 2.29 bits per heavy atom. The van der Waals surface area contributed by atoms with Crippen molar-refractivity contribution in [2.24, 2.45) is 7.05 Å². The fourth-order valence-corrected chi connectivity index (χ4v) is 4.68. The molecule has 0 radical (unpaired) electrons. The van der Waals surface area contributed by atoms with Crippen LogP contribution < -0.4 is 0 Å². The fourth-order valence-electron chi connectivity index (χ4n) is 3.05. The molecule has 0 spiro atoms. The standard InChI is InChI=1S/C17H29N3O3S/c1-5-6-11-24(22,23)20-9-7-19(8-10-20)13-17(21)16-12-14(2)18(4)15(16)3/h12H,5-11,13H2,1-4H3. The molecule has 1 saturated heterocycles. The van der Waals surface area contributed by atoms with Crippen LogP contribution in [0.4, 0.5) is 0 Å². The Labute approximate surface area is 145 Å². The third-order valence-electron chi connectivity index (χ3n) is 4.92. The highest BCUT2D eigenvalue weighted by molar-refractivity contribution is 7.89. The lowest BCUT2D eigenvalue weighted by Gasteiger charge is -2.33. The first kappa shape index (κ1) is 19.1. The molecule has 0 bridgehead atoms. The number of unbranched alkanes of at least 4 members (excludes halogenated alkanes) is 1. The van der Waals surface area contributed by atoms with E-state index in [0.717, 1.165) is 23.4 Å². The first-order valence-electron chi connectivity index (χ1n) is 8.62. The van der Waals surface area contributed by atoms with Gasteiger partial charge in [-0.25, -0.2) is 8.42 Å². The lowest BCUT2D eigenvalue weighted by molar-refractivity contribution is 0.0901. The summed E-state index contributed by atoms with van der Waals surface area (Å²) < 4.78 is 28.0. The third-order valence-corrected chi connectivity index (χ3v) is 6.88. The van der Waals surface area contributed by atoms with Crippen LogP contribution in [0.2, 0.25) is 0 Å². The van der Waals surface area contributed by atoms with Gasteiger partial charge in [-0.2, -0.15) is 4.31 Å². The van der Waals surface area contributed by atoms with Crippen LogP contribution in [0.15, 0.2) is 6.07 Å². The van der Waals surface area contributed by atoms with E-state index in [9.17, 15) is 13.2 Å². The number of aryl methyl sites for hydroxylation is 1. The van der Waals surface area contributed by atoms with Gasteiger partial charge in [-0.05, 0) is 26.3 Å². The van der Waals surface area contributed by atoms with E-state index in [0.29, 0.717) is 39.1 Å². The Balaban J connectivity index is 1.91. The van der Waals surface area contributed by atoms with Crippen LogP contribution in [0.25, 0.3) is 0 Å². The molecule has 2 heterocycles. The van der Waals surface area contributed by atoms with Crippen molar-refractivity contribution in [1.82, 2.24) is 13.8 Å². The van der Waals surface area contributed by atoms with Crippen LogP contribution in [0.3, 0.4) is 0 Å². The predicted octanol–water partition coefficient (Wildman–Crippen LogP) is 1.57. The van der Waals surface area contributed by atoms with Crippen LogP contribution in [0.1, 0.15) is 41.5 Å². The second-order valence-corrected chi connectivity index (χ2v) is 8.70. The number of carbonyl (C=O) groups is 1. The second kappa shape index (κ2) is 7.80. The third kappa shape index (κ3) is 4.26. The number of aromatic nitrogens is 1. The highest BCUT2D eigenvalue weighted by Crippen LogP contribution is 2.16. The molecule has 1 aliphatic rings. The first-order chi connectivity index (χ1) is 11.3. The summed E-state index contributed by atoms with van der Waals surface area (Å²) in [5.74, 6) is 0.337. The summed E-state index contributed by atoms with van der Waals surface area (Å²) in [4.78, 5) is 14.6. The van der Waals surface area contributed by atoms with Crippen molar-refractivity contribution >= 4 is 15.8 Å². The quantitative estimate of drug-likeness (QED) is 0.697. The molecule has 1 aliphatic heterocycles. The maximum absolute atomic E-state index is 12.5. The molecule has 0 aliphatic carbocycles. The van der Waals surface area contributed by atoms with Gasteiger partial charge in [0.2, 0.25) is 10.0 Å². The minimum absolute atomic E-state index is 0.110. The zero-order valence-corrected chi connectivity index (χ0v) is 16.0. The van der Waals surface area contributed by atoms with E-state index in [2.05, 4.69) is 4.90 Å². The number of nitrogens with zero attached hydrogens (tertiary/aromatic N) is 3. The van der Waals surface area contributed by atoms with E-state index < -0.39 is 10.0 Å². The largest absolute Gasteiger partial charge is 0.351 e. The van der Waals surface area contributed by atoms with Crippen molar-refractivity contribution in [2.75, 3.05) is 38.5 Å². The lowest BCUT2D eigenvalue weighted by atomic mass is 10.1. The monoisotopic (exact) mass is 355 g/mol. The number of Topliss-reactive ketones (excluding diaryl/α,β-unsaturated/α-hetero) is 1. The van der Waals surface area contributed by atoms with Crippen molar-refractivity contribution < 1.29 is 13.2 Å². The molecule has 2 rings (SSSR count). The molecule has 6 nitrogen and oxygen atoms in total. The minimum atomic E-state index is -3.14. The van der Waals surface area contributed by atoms with Gasteiger partial charge in [0.05, 0.1) is 12.3 Å². The highest BCUT2D eigenvalue weighted by Gasteiger charge is 2.27. The fraction of sp³-hybridized carbons (Fsp3) is 0.706.